The lowest BCUT2D eigenvalue weighted by molar-refractivity contribution is 0.0654. The van der Waals surface area contributed by atoms with Gasteiger partial charge in [0.1, 0.15) is 0 Å². The van der Waals surface area contributed by atoms with Crippen LogP contribution in [0.1, 0.15) is 19.4 Å². The number of rotatable bonds is 3. The van der Waals surface area contributed by atoms with Gasteiger partial charge >= 0.3 is 0 Å². The smallest absolute Gasteiger partial charge is 0.0731 e. The molecule has 0 fully saturated rings. The van der Waals surface area contributed by atoms with Crippen LogP contribution in [0.4, 0.5) is 0 Å². The molecule has 0 bridgehead atoms. The summed E-state index contributed by atoms with van der Waals surface area (Å²) in [5.41, 5.74) is 1.12. The molecule has 0 amide bonds. The number of hydrogen-bond acceptors (Lipinski definition) is 1. The Morgan fingerprint density at radius 2 is 2.15 bits per heavy atom. The van der Waals surface area contributed by atoms with Crippen LogP contribution in [0.2, 0.25) is 5.02 Å². The Labute approximate surface area is 92.2 Å². The molecule has 13 heavy (non-hydrogen) atoms. The maximum absolute atomic E-state index is 5.81. The summed E-state index contributed by atoms with van der Waals surface area (Å²) in [7, 11) is 0. The Bertz CT molecular complexity index is 286. The van der Waals surface area contributed by atoms with Crippen LogP contribution in [-0.2, 0) is 11.3 Å². The predicted octanol–water partition coefficient (Wildman–Crippen LogP) is 4.03. The van der Waals surface area contributed by atoms with Crippen molar-refractivity contribution in [1.29, 1.82) is 0 Å². The van der Waals surface area contributed by atoms with Gasteiger partial charge < -0.3 is 4.74 Å². The zero-order valence-corrected chi connectivity index (χ0v) is 10.0. The second-order valence-corrected chi connectivity index (χ2v) is 4.39. The van der Waals surface area contributed by atoms with E-state index in [-0.39, 0.29) is 6.10 Å². The zero-order valence-electron chi connectivity index (χ0n) is 7.68. The summed E-state index contributed by atoms with van der Waals surface area (Å²) >= 11 is 9.24. The van der Waals surface area contributed by atoms with Crippen LogP contribution in [-0.4, -0.2) is 6.10 Å². The molecule has 0 saturated carbocycles. The van der Waals surface area contributed by atoms with E-state index >= 15 is 0 Å². The lowest BCUT2D eigenvalue weighted by Gasteiger charge is -2.08. The normalized spacial score (nSPS) is 10.8. The molecule has 0 saturated heterocycles. The minimum Gasteiger partial charge on any atom is -0.374 e. The molecule has 0 radical (unpaired) electrons. The summed E-state index contributed by atoms with van der Waals surface area (Å²) < 4.78 is 6.48. The van der Waals surface area contributed by atoms with Crippen LogP contribution in [0.3, 0.4) is 0 Å². The lowest BCUT2D eigenvalue weighted by Crippen LogP contribution is -2.02. The molecule has 0 spiro atoms. The van der Waals surface area contributed by atoms with E-state index in [4.69, 9.17) is 16.3 Å². The first-order valence-corrected chi connectivity index (χ1v) is 5.32. The van der Waals surface area contributed by atoms with Gasteiger partial charge in [0.2, 0.25) is 0 Å². The average Bonchev–Trinajstić information content (AvgIpc) is 2.02. The molecule has 0 unspecified atom stereocenters. The van der Waals surface area contributed by atoms with E-state index < -0.39 is 0 Å². The number of halogens is 2. The number of hydrogen-bond donors (Lipinski definition) is 0. The van der Waals surface area contributed by atoms with Gasteiger partial charge in [-0.05, 0) is 31.5 Å². The van der Waals surface area contributed by atoms with Crippen LogP contribution in [0.5, 0.6) is 0 Å². The van der Waals surface area contributed by atoms with Crippen molar-refractivity contribution in [2.75, 3.05) is 0 Å². The van der Waals surface area contributed by atoms with E-state index in [0.29, 0.717) is 6.61 Å². The molecule has 0 aliphatic heterocycles. The molecule has 0 aliphatic rings. The molecule has 72 valence electrons. The van der Waals surface area contributed by atoms with E-state index in [0.717, 1.165) is 15.1 Å². The van der Waals surface area contributed by atoms with Gasteiger partial charge in [-0.1, -0.05) is 33.6 Å². The van der Waals surface area contributed by atoms with Crippen LogP contribution in [0.25, 0.3) is 0 Å². The number of benzene rings is 1. The van der Waals surface area contributed by atoms with E-state index in [9.17, 15) is 0 Å². The van der Waals surface area contributed by atoms with E-state index in [2.05, 4.69) is 15.9 Å². The van der Waals surface area contributed by atoms with Gasteiger partial charge in [0, 0.05) is 9.50 Å². The monoisotopic (exact) mass is 262 g/mol. The summed E-state index contributed by atoms with van der Waals surface area (Å²) in [6, 6.07) is 5.71. The second-order valence-electron chi connectivity index (χ2n) is 3.10. The summed E-state index contributed by atoms with van der Waals surface area (Å²) in [6.07, 6.45) is 0.252. The third-order valence-electron chi connectivity index (χ3n) is 1.59. The molecule has 1 aromatic carbocycles. The van der Waals surface area contributed by atoms with Crippen molar-refractivity contribution < 1.29 is 4.74 Å². The largest absolute Gasteiger partial charge is 0.374 e. The van der Waals surface area contributed by atoms with Gasteiger partial charge in [-0.2, -0.15) is 0 Å². The van der Waals surface area contributed by atoms with Gasteiger partial charge in [-0.3, -0.25) is 0 Å². The highest BCUT2D eigenvalue weighted by Gasteiger charge is 2.01. The Kier molecular flexibility index (Phi) is 4.23. The first kappa shape index (κ1) is 11.0. The van der Waals surface area contributed by atoms with Crippen molar-refractivity contribution >= 4 is 27.5 Å². The van der Waals surface area contributed by atoms with Crippen molar-refractivity contribution in [1.82, 2.24) is 0 Å². The van der Waals surface area contributed by atoms with Crippen LogP contribution in [0, 0.1) is 0 Å². The summed E-state index contributed by atoms with van der Waals surface area (Å²) in [4.78, 5) is 0. The molecule has 3 heteroatoms. The minimum absolute atomic E-state index is 0.252. The highest BCUT2D eigenvalue weighted by Crippen LogP contribution is 2.22. The van der Waals surface area contributed by atoms with Crippen molar-refractivity contribution in [3.63, 3.8) is 0 Å². The van der Waals surface area contributed by atoms with Crippen LogP contribution in [0.15, 0.2) is 22.7 Å². The Hall–Kier alpha value is -0.0500. The van der Waals surface area contributed by atoms with E-state index in [1.807, 2.05) is 32.0 Å². The molecular weight excluding hydrogens is 251 g/mol. The van der Waals surface area contributed by atoms with Gasteiger partial charge in [0.05, 0.1) is 12.7 Å². The summed E-state index contributed by atoms with van der Waals surface area (Å²) in [5, 5.41) is 0.736. The van der Waals surface area contributed by atoms with Gasteiger partial charge in [-0.15, -0.1) is 0 Å². The molecule has 0 N–H and O–H groups in total. The highest BCUT2D eigenvalue weighted by molar-refractivity contribution is 9.10. The lowest BCUT2D eigenvalue weighted by atomic mass is 10.2. The highest BCUT2D eigenvalue weighted by atomic mass is 79.9. The third kappa shape index (κ3) is 3.67. The molecular formula is C10H12BrClO. The average molecular weight is 264 g/mol. The fraction of sp³-hybridized carbons (Fsp3) is 0.400. The minimum atomic E-state index is 0.252. The van der Waals surface area contributed by atoms with Gasteiger partial charge in [0.25, 0.3) is 0 Å². The Morgan fingerprint density at radius 3 is 2.69 bits per heavy atom. The zero-order chi connectivity index (χ0) is 9.84. The van der Waals surface area contributed by atoms with Crippen molar-refractivity contribution in [2.24, 2.45) is 0 Å². The fourth-order valence-corrected chi connectivity index (χ4v) is 1.69. The maximum atomic E-state index is 5.81. The predicted molar refractivity (Wildman–Crippen MR) is 59.1 cm³/mol. The quantitative estimate of drug-likeness (QED) is 0.800. The first-order valence-electron chi connectivity index (χ1n) is 4.15. The SMILES string of the molecule is CC(C)OCc1ccc(Cl)cc1Br. The van der Waals surface area contributed by atoms with E-state index in [1.54, 1.807) is 0 Å². The Morgan fingerprint density at radius 1 is 1.46 bits per heavy atom. The second kappa shape index (κ2) is 4.99. The fourth-order valence-electron chi connectivity index (χ4n) is 0.895. The van der Waals surface area contributed by atoms with E-state index in [1.165, 1.54) is 0 Å². The van der Waals surface area contributed by atoms with Crippen LogP contribution >= 0.6 is 27.5 Å². The molecule has 1 nitrogen and oxygen atoms in total. The molecule has 1 aromatic rings. The molecule has 0 atom stereocenters. The van der Waals surface area contributed by atoms with Crippen molar-refractivity contribution in [2.45, 2.75) is 26.6 Å². The van der Waals surface area contributed by atoms with Gasteiger partial charge in [-0.25, -0.2) is 0 Å². The van der Waals surface area contributed by atoms with Gasteiger partial charge in [0.15, 0.2) is 0 Å². The maximum Gasteiger partial charge on any atom is 0.0731 e. The summed E-state index contributed by atoms with van der Waals surface area (Å²) in [5.74, 6) is 0. The molecule has 0 aliphatic carbocycles. The first-order chi connectivity index (χ1) is 6.09. The van der Waals surface area contributed by atoms with Crippen molar-refractivity contribution in [3.05, 3.63) is 33.3 Å². The van der Waals surface area contributed by atoms with Crippen LogP contribution < -0.4 is 0 Å². The van der Waals surface area contributed by atoms with Crippen molar-refractivity contribution in [3.8, 4) is 0 Å². The topological polar surface area (TPSA) is 9.23 Å². The molecule has 0 aromatic heterocycles. The summed E-state index contributed by atoms with van der Waals surface area (Å²) in [6.45, 7) is 4.66. The molecule has 0 heterocycles. The Balaban J connectivity index is 2.67. The third-order valence-corrected chi connectivity index (χ3v) is 2.56. The molecule has 1 rings (SSSR count). The number of ether oxygens (including phenoxy) is 1. The standard InChI is InChI=1S/C10H12BrClO/c1-7(2)13-6-8-3-4-9(12)5-10(8)11/h3-5,7H,6H2,1-2H3.